The fourth-order valence-corrected chi connectivity index (χ4v) is 4.84. The molecular weight excluding hydrogens is 426 g/mol. The van der Waals surface area contributed by atoms with E-state index in [0.29, 0.717) is 24.4 Å². The molecule has 7 heteroatoms. The van der Waals surface area contributed by atoms with Gasteiger partial charge in [-0.15, -0.1) is 0 Å². The second-order valence-electron chi connectivity index (χ2n) is 9.20. The van der Waals surface area contributed by atoms with Crippen LogP contribution in [0.4, 0.5) is 8.78 Å². The number of rotatable bonds is 6. The number of carbonyl (C=O) groups excluding carboxylic acids is 2. The van der Waals surface area contributed by atoms with Gasteiger partial charge in [0, 0.05) is 43.6 Å². The van der Waals surface area contributed by atoms with Crippen LogP contribution in [-0.4, -0.2) is 54.4 Å². The first-order valence-electron chi connectivity index (χ1n) is 11.7. The molecule has 2 aliphatic heterocycles. The zero-order valence-electron chi connectivity index (χ0n) is 18.8. The maximum absolute atomic E-state index is 13.7. The van der Waals surface area contributed by atoms with Gasteiger partial charge in [-0.25, -0.2) is 8.78 Å². The molecule has 5 nitrogen and oxygen atoms in total. The highest BCUT2D eigenvalue weighted by atomic mass is 19.1. The van der Waals surface area contributed by atoms with Gasteiger partial charge < -0.3 is 14.5 Å². The van der Waals surface area contributed by atoms with Crippen molar-refractivity contribution in [3.63, 3.8) is 0 Å². The van der Waals surface area contributed by atoms with Crippen molar-refractivity contribution in [2.45, 2.75) is 38.5 Å². The zero-order chi connectivity index (χ0) is 23.3. The van der Waals surface area contributed by atoms with Crippen molar-refractivity contribution < 1.29 is 23.1 Å². The van der Waals surface area contributed by atoms with Gasteiger partial charge in [0.05, 0.1) is 6.61 Å². The van der Waals surface area contributed by atoms with E-state index in [2.05, 4.69) is 0 Å². The van der Waals surface area contributed by atoms with E-state index in [4.69, 9.17) is 4.74 Å². The first-order chi connectivity index (χ1) is 15.9. The van der Waals surface area contributed by atoms with Gasteiger partial charge in [0.2, 0.25) is 5.91 Å². The average molecular weight is 457 g/mol. The predicted octanol–water partition coefficient (Wildman–Crippen LogP) is 4.67. The number of ether oxygens (including phenoxy) is 1. The molecule has 0 N–H and O–H groups in total. The summed E-state index contributed by atoms with van der Waals surface area (Å²) in [5.41, 5.74) is -0.267. The molecule has 0 aromatic heterocycles. The van der Waals surface area contributed by atoms with Crippen molar-refractivity contribution in [3.8, 4) is 5.75 Å². The quantitative estimate of drug-likeness (QED) is 0.635. The molecule has 2 aromatic carbocycles. The number of halogens is 2. The molecule has 2 aromatic rings. The van der Waals surface area contributed by atoms with E-state index in [1.165, 1.54) is 30.3 Å². The molecule has 2 aliphatic rings. The summed E-state index contributed by atoms with van der Waals surface area (Å²) in [4.78, 5) is 29.9. The van der Waals surface area contributed by atoms with Gasteiger partial charge in [-0.2, -0.15) is 0 Å². The molecule has 0 spiro atoms. The van der Waals surface area contributed by atoms with Crippen molar-refractivity contribution in [3.05, 3.63) is 65.7 Å². The van der Waals surface area contributed by atoms with Gasteiger partial charge in [0.15, 0.2) is 0 Å². The Morgan fingerprint density at radius 3 is 2.33 bits per heavy atom. The molecule has 176 valence electrons. The second-order valence-corrected chi connectivity index (χ2v) is 9.20. The van der Waals surface area contributed by atoms with Crippen LogP contribution in [0.2, 0.25) is 0 Å². The summed E-state index contributed by atoms with van der Waals surface area (Å²) in [6, 6.07) is 11.5. The third-order valence-corrected chi connectivity index (χ3v) is 6.61. The molecule has 2 saturated heterocycles. The maximum atomic E-state index is 13.7. The van der Waals surface area contributed by atoms with Gasteiger partial charge in [0.1, 0.15) is 17.4 Å². The van der Waals surface area contributed by atoms with E-state index < -0.39 is 11.2 Å². The van der Waals surface area contributed by atoms with Gasteiger partial charge in [0.25, 0.3) is 5.91 Å². The number of hydrogen-bond acceptors (Lipinski definition) is 3. The number of amides is 2. The fraction of sp³-hybridized carbons (Fsp3) is 0.462. The predicted molar refractivity (Wildman–Crippen MR) is 121 cm³/mol. The lowest BCUT2D eigenvalue weighted by atomic mass is 9.77. The second kappa shape index (κ2) is 10.3. The Hall–Kier alpha value is -2.96. The largest absolute Gasteiger partial charge is 0.493 e. The fourth-order valence-electron chi connectivity index (χ4n) is 4.84. The molecule has 0 aliphatic carbocycles. The van der Waals surface area contributed by atoms with E-state index in [0.717, 1.165) is 45.2 Å². The molecule has 0 unspecified atom stereocenters. The molecule has 4 rings (SSSR count). The molecule has 0 radical (unpaired) electrons. The molecule has 2 fully saturated rings. The minimum atomic E-state index is -0.565. The van der Waals surface area contributed by atoms with Crippen LogP contribution in [0.15, 0.2) is 48.5 Å². The van der Waals surface area contributed by atoms with E-state index in [9.17, 15) is 18.4 Å². The smallest absolute Gasteiger partial charge is 0.253 e. The molecule has 33 heavy (non-hydrogen) atoms. The molecule has 0 bridgehead atoms. The molecule has 2 amide bonds. The number of carbonyl (C=O) groups is 2. The highest BCUT2D eigenvalue weighted by Crippen LogP contribution is 2.36. The van der Waals surface area contributed by atoms with Crippen LogP contribution in [0, 0.1) is 17.0 Å². The van der Waals surface area contributed by atoms with Crippen LogP contribution in [0.5, 0.6) is 5.75 Å². The van der Waals surface area contributed by atoms with Crippen molar-refractivity contribution in [1.29, 1.82) is 0 Å². The maximum Gasteiger partial charge on any atom is 0.253 e. The summed E-state index contributed by atoms with van der Waals surface area (Å²) in [7, 11) is 0. The summed E-state index contributed by atoms with van der Waals surface area (Å²) in [6.45, 7) is 2.67. The first-order valence-corrected chi connectivity index (χ1v) is 11.7. The van der Waals surface area contributed by atoms with Crippen LogP contribution in [-0.2, 0) is 4.79 Å². The molecule has 1 atom stereocenters. The van der Waals surface area contributed by atoms with E-state index >= 15 is 0 Å². The topological polar surface area (TPSA) is 49.9 Å². The van der Waals surface area contributed by atoms with Crippen molar-refractivity contribution in [1.82, 2.24) is 9.80 Å². The minimum absolute atomic E-state index is 0.0810. The number of likely N-dealkylation sites (tertiary alicyclic amines) is 2. The van der Waals surface area contributed by atoms with Crippen molar-refractivity contribution in [2.75, 3.05) is 32.8 Å². The van der Waals surface area contributed by atoms with E-state index in [1.54, 1.807) is 23.1 Å². The van der Waals surface area contributed by atoms with Crippen molar-refractivity contribution >= 4 is 11.8 Å². The van der Waals surface area contributed by atoms with Gasteiger partial charge in [-0.3, -0.25) is 9.59 Å². The lowest BCUT2D eigenvalue weighted by molar-refractivity contribution is -0.136. The summed E-state index contributed by atoms with van der Waals surface area (Å²) >= 11 is 0. The van der Waals surface area contributed by atoms with Gasteiger partial charge in [-0.05, 0) is 74.6 Å². The zero-order valence-corrected chi connectivity index (χ0v) is 18.8. The normalized spacial score (nSPS) is 21.0. The molecular formula is C26H30F2N2O3. The van der Waals surface area contributed by atoms with E-state index in [1.807, 2.05) is 4.90 Å². The summed E-state index contributed by atoms with van der Waals surface area (Å²) in [5.74, 6) is -0.441. The Morgan fingerprint density at radius 1 is 0.879 bits per heavy atom. The van der Waals surface area contributed by atoms with Gasteiger partial charge >= 0.3 is 0 Å². The van der Waals surface area contributed by atoms with E-state index in [-0.39, 0.29) is 30.7 Å². The van der Waals surface area contributed by atoms with Crippen LogP contribution in [0.3, 0.4) is 0 Å². The van der Waals surface area contributed by atoms with Crippen molar-refractivity contribution in [2.24, 2.45) is 5.41 Å². The monoisotopic (exact) mass is 456 g/mol. The average Bonchev–Trinajstić information content (AvgIpc) is 2.84. The highest BCUT2D eigenvalue weighted by molar-refractivity contribution is 5.94. The van der Waals surface area contributed by atoms with Crippen LogP contribution >= 0.6 is 0 Å². The molecule has 2 heterocycles. The summed E-state index contributed by atoms with van der Waals surface area (Å²) in [5, 5.41) is 0. The first kappa shape index (κ1) is 23.2. The number of hydrogen-bond donors (Lipinski definition) is 0. The Bertz CT molecular complexity index is 976. The number of benzene rings is 2. The SMILES string of the molecule is O=C(C[C@@]1(COc2ccc(F)cc2)CCCN(C(=O)c2cccc(F)c2)C1)N1CCCCC1. The summed E-state index contributed by atoms with van der Waals surface area (Å²) in [6.07, 6.45) is 4.89. The number of piperidine rings is 2. The Kier molecular flexibility index (Phi) is 7.26. The Labute approximate surface area is 193 Å². The van der Waals surface area contributed by atoms with Crippen LogP contribution in [0.1, 0.15) is 48.9 Å². The minimum Gasteiger partial charge on any atom is -0.493 e. The van der Waals surface area contributed by atoms with Crippen LogP contribution < -0.4 is 4.74 Å². The Morgan fingerprint density at radius 2 is 1.61 bits per heavy atom. The van der Waals surface area contributed by atoms with Crippen LogP contribution in [0.25, 0.3) is 0 Å². The third-order valence-electron chi connectivity index (χ3n) is 6.61. The lowest BCUT2D eigenvalue weighted by Gasteiger charge is -2.43. The lowest BCUT2D eigenvalue weighted by Crippen LogP contribution is -2.51. The third kappa shape index (κ3) is 5.89. The molecule has 0 saturated carbocycles. The standard InChI is InChI=1S/C26H30F2N2O3/c27-21-8-10-23(11-9-21)33-19-26(17-24(31)29-13-2-1-3-14-29)12-5-15-30(18-26)25(32)20-6-4-7-22(28)16-20/h4,6-11,16H,1-3,5,12-15,17-19H2/t26-/m0/s1. The Balaban J connectivity index is 1.53. The summed E-state index contributed by atoms with van der Waals surface area (Å²) < 4.78 is 33.0. The number of nitrogens with zero attached hydrogens (tertiary/aromatic N) is 2. The van der Waals surface area contributed by atoms with Gasteiger partial charge in [-0.1, -0.05) is 6.07 Å². The highest BCUT2D eigenvalue weighted by Gasteiger charge is 2.41.